The Morgan fingerprint density at radius 3 is 2.84 bits per heavy atom. The number of rotatable bonds is 4. The van der Waals surface area contributed by atoms with Gasteiger partial charge < -0.3 is 4.90 Å². The molecule has 3 rings (SSSR count). The molecule has 0 bridgehead atoms. The van der Waals surface area contributed by atoms with Gasteiger partial charge in [0.25, 0.3) is 0 Å². The Balaban J connectivity index is 1.92. The van der Waals surface area contributed by atoms with E-state index < -0.39 is 0 Å². The number of halogens is 1. The zero-order chi connectivity index (χ0) is 13.2. The molecule has 0 unspecified atom stereocenters. The van der Waals surface area contributed by atoms with Gasteiger partial charge in [0.1, 0.15) is 5.82 Å². The third-order valence-corrected chi connectivity index (χ3v) is 4.10. The van der Waals surface area contributed by atoms with Crippen LogP contribution < -0.4 is 4.90 Å². The van der Waals surface area contributed by atoms with E-state index in [0.717, 1.165) is 25.1 Å². The van der Waals surface area contributed by atoms with E-state index in [-0.39, 0.29) is 5.82 Å². The van der Waals surface area contributed by atoms with E-state index in [9.17, 15) is 4.39 Å². The summed E-state index contributed by atoms with van der Waals surface area (Å²) in [5.74, 6) is -0.342. The Morgan fingerprint density at radius 1 is 1.37 bits per heavy atom. The van der Waals surface area contributed by atoms with Crippen molar-refractivity contribution in [2.75, 3.05) is 4.90 Å². The SMILES string of the molecule is N#Cc1cc(F)cc(N(Cc2cccs2)C2CC2)c1. The minimum atomic E-state index is -0.342. The third kappa shape index (κ3) is 2.77. The summed E-state index contributed by atoms with van der Waals surface area (Å²) < 4.78 is 13.6. The quantitative estimate of drug-likeness (QED) is 0.843. The molecule has 0 aliphatic heterocycles. The van der Waals surface area contributed by atoms with Crippen molar-refractivity contribution in [3.63, 3.8) is 0 Å². The van der Waals surface area contributed by atoms with Gasteiger partial charge in [0, 0.05) is 16.6 Å². The summed E-state index contributed by atoms with van der Waals surface area (Å²) in [7, 11) is 0. The van der Waals surface area contributed by atoms with Crippen LogP contribution in [-0.2, 0) is 6.54 Å². The fraction of sp³-hybridized carbons (Fsp3) is 0.267. The number of thiophene rings is 1. The standard InChI is InChI=1S/C15H13FN2S/c16-12-6-11(9-17)7-14(8-12)18(13-3-4-13)10-15-2-1-5-19-15/h1-2,5-8,13H,3-4,10H2. The van der Waals surface area contributed by atoms with E-state index >= 15 is 0 Å². The fourth-order valence-corrected chi connectivity index (χ4v) is 2.90. The number of nitrogens with zero attached hydrogens (tertiary/aromatic N) is 2. The van der Waals surface area contributed by atoms with E-state index in [1.54, 1.807) is 17.4 Å². The number of anilines is 1. The Labute approximate surface area is 115 Å². The van der Waals surface area contributed by atoms with Gasteiger partial charge in [-0.2, -0.15) is 5.26 Å². The van der Waals surface area contributed by atoms with E-state index in [2.05, 4.69) is 11.0 Å². The van der Waals surface area contributed by atoms with Gasteiger partial charge in [0.15, 0.2) is 0 Å². The summed E-state index contributed by atoms with van der Waals surface area (Å²) >= 11 is 1.70. The molecule has 1 aromatic carbocycles. The summed E-state index contributed by atoms with van der Waals surface area (Å²) in [6.45, 7) is 0.788. The molecule has 19 heavy (non-hydrogen) atoms. The van der Waals surface area contributed by atoms with Gasteiger partial charge in [-0.1, -0.05) is 6.07 Å². The molecule has 1 fully saturated rings. The molecule has 0 saturated heterocycles. The maximum Gasteiger partial charge on any atom is 0.126 e. The molecule has 1 heterocycles. The van der Waals surface area contributed by atoms with Crippen LogP contribution in [0.15, 0.2) is 35.7 Å². The summed E-state index contributed by atoms with van der Waals surface area (Å²) in [6, 6.07) is 11.2. The third-order valence-electron chi connectivity index (χ3n) is 3.24. The molecule has 0 amide bonds. The van der Waals surface area contributed by atoms with Gasteiger partial charge in [0.05, 0.1) is 18.2 Å². The number of nitriles is 1. The average molecular weight is 272 g/mol. The van der Waals surface area contributed by atoms with Crippen LogP contribution in [-0.4, -0.2) is 6.04 Å². The molecule has 1 aliphatic rings. The minimum absolute atomic E-state index is 0.342. The first kappa shape index (κ1) is 12.2. The van der Waals surface area contributed by atoms with Crippen molar-refractivity contribution in [1.29, 1.82) is 5.26 Å². The normalized spacial score (nSPS) is 14.1. The van der Waals surface area contributed by atoms with Crippen LogP contribution in [0.1, 0.15) is 23.3 Å². The van der Waals surface area contributed by atoms with Gasteiger partial charge in [-0.15, -0.1) is 11.3 Å². The van der Waals surface area contributed by atoms with Crippen LogP contribution in [0.3, 0.4) is 0 Å². The molecule has 2 nitrogen and oxygen atoms in total. The molecule has 2 aromatic rings. The molecular formula is C15H13FN2S. The molecule has 1 aromatic heterocycles. The summed E-state index contributed by atoms with van der Waals surface area (Å²) in [5.41, 5.74) is 1.19. The summed E-state index contributed by atoms with van der Waals surface area (Å²) in [4.78, 5) is 3.46. The molecule has 4 heteroatoms. The lowest BCUT2D eigenvalue weighted by Gasteiger charge is -2.24. The van der Waals surface area contributed by atoms with Crippen molar-refractivity contribution in [3.8, 4) is 6.07 Å². The lowest BCUT2D eigenvalue weighted by molar-refractivity contribution is 0.625. The van der Waals surface area contributed by atoms with Crippen LogP contribution in [0, 0.1) is 17.1 Å². The van der Waals surface area contributed by atoms with E-state index in [0.29, 0.717) is 11.6 Å². The second-order valence-corrected chi connectivity index (χ2v) is 5.78. The topological polar surface area (TPSA) is 27.0 Å². The van der Waals surface area contributed by atoms with E-state index in [1.807, 2.05) is 17.5 Å². The lowest BCUT2D eigenvalue weighted by atomic mass is 10.2. The highest BCUT2D eigenvalue weighted by atomic mass is 32.1. The Morgan fingerprint density at radius 2 is 2.21 bits per heavy atom. The zero-order valence-electron chi connectivity index (χ0n) is 10.3. The predicted octanol–water partition coefficient (Wildman–Crippen LogP) is 3.93. The van der Waals surface area contributed by atoms with Crippen molar-refractivity contribution >= 4 is 17.0 Å². The van der Waals surface area contributed by atoms with Crippen molar-refractivity contribution in [2.24, 2.45) is 0 Å². The maximum absolute atomic E-state index is 13.6. The first-order chi connectivity index (χ1) is 9.26. The predicted molar refractivity (Wildman–Crippen MR) is 74.6 cm³/mol. The van der Waals surface area contributed by atoms with E-state index in [4.69, 9.17) is 5.26 Å². The fourth-order valence-electron chi connectivity index (χ4n) is 2.19. The first-order valence-electron chi connectivity index (χ1n) is 6.26. The Bertz CT molecular complexity index is 612. The molecule has 0 spiro atoms. The van der Waals surface area contributed by atoms with Crippen molar-refractivity contribution < 1.29 is 4.39 Å². The highest BCUT2D eigenvalue weighted by molar-refractivity contribution is 7.09. The first-order valence-corrected chi connectivity index (χ1v) is 7.14. The second-order valence-electron chi connectivity index (χ2n) is 4.75. The van der Waals surface area contributed by atoms with Crippen LogP contribution in [0.25, 0.3) is 0 Å². The second kappa shape index (κ2) is 5.02. The van der Waals surface area contributed by atoms with Gasteiger partial charge in [-0.05, 0) is 42.5 Å². The highest BCUT2D eigenvalue weighted by Crippen LogP contribution is 2.34. The molecular weight excluding hydrogens is 259 g/mol. The molecule has 0 radical (unpaired) electrons. The van der Waals surface area contributed by atoms with Gasteiger partial charge in [-0.25, -0.2) is 4.39 Å². The maximum atomic E-state index is 13.6. The van der Waals surface area contributed by atoms with Crippen LogP contribution in [0.4, 0.5) is 10.1 Å². The van der Waals surface area contributed by atoms with Gasteiger partial charge in [-0.3, -0.25) is 0 Å². The van der Waals surface area contributed by atoms with Crippen molar-refractivity contribution in [3.05, 3.63) is 52.0 Å². The Hall–Kier alpha value is -1.86. The smallest absolute Gasteiger partial charge is 0.126 e. The van der Waals surface area contributed by atoms with E-state index in [1.165, 1.54) is 17.0 Å². The van der Waals surface area contributed by atoms with Crippen molar-refractivity contribution in [2.45, 2.75) is 25.4 Å². The minimum Gasteiger partial charge on any atom is -0.363 e. The molecule has 0 atom stereocenters. The number of hydrogen-bond donors (Lipinski definition) is 0. The van der Waals surface area contributed by atoms with Crippen molar-refractivity contribution in [1.82, 2.24) is 0 Å². The number of hydrogen-bond acceptors (Lipinski definition) is 3. The van der Waals surface area contributed by atoms with Crippen LogP contribution in [0.2, 0.25) is 0 Å². The largest absolute Gasteiger partial charge is 0.363 e. The molecule has 0 N–H and O–H groups in total. The zero-order valence-corrected chi connectivity index (χ0v) is 11.2. The molecule has 1 saturated carbocycles. The van der Waals surface area contributed by atoms with Crippen LogP contribution >= 0.6 is 11.3 Å². The monoisotopic (exact) mass is 272 g/mol. The lowest BCUT2D eigenvalue weighted by Crippen LogP contribution is -2.24. The summed E-state index contributed by atoms with van der Waals surface area (Å²) in [5, 5.41) is 11.0. The molecule has 1 aliphatic carbocycles. The average Bonchev–Trinajstić information content (AvgIpc) is 3.12. The highest BCUT2D eigenvalue weighted by Gasteiger charge is 2.29. The van der Waals surface area contributed by atoms with Gasteiger partial charge >= 0.3 is 0 Å². The molecule has 96 valence electrons. The number of benzene rings is 1. The van der Waals surface area contributed by atoms with Gasteiger partial charge in [0.2, 0.25) is 0 Å². The van der Waals surface area contributed by atoms with Crippen LogP contribution in [0.5, 0.6) is 0 Å². The summed E-state index contributed by atoms with van der Waals surface area (Å²) in [6.07, 6.45) is 2.29. The Kier molecular flexibility index (Phi) is 3.22.